The number of likely N-dealkylation sites (N-methyl/N-ethyl adjacent to an activating group) is 1. The molecule has 1 unspecified atom stereocenters. The highest BCUT2D eigenvalue weighted by molar-refractivity contribution is 5.80. The number of guanidine groups is 1. The first-order valence-corrected chi connectivity index (χ1v) is 9.64. The Kier molecular flexibility index (Phi) is 8.22. The van der Waals surface area contributed by atoms with E-state index in [-0.39, 0.29) is 0 Å². The van der Waals surface area contributed by atoms with Crippen LogP contribution in [-0.2, 0) is 13.1 Å². The van der Waals surface area contributed by atoms with Crippen molar-refractivity contribution in [1.82, 2.24) is 20.4 Å². The lowest BCUT2D eigenvalue weighted by Gasteiger charge is -2.32. The van der Waals surface area contributed by atoms with E-state index >= 15 is 0 Å². The van der Waals surface area contributed by atoms with Crippen molar-refractivity contribution in [3.63, 3.8) is 0 Å². The Morgan fingerprint density at radius 1 is 1.08 bits per heavy atom. The van der Waals surface area contributed by atoms with E-state index in [2.05, 4.69) is 72.5 Å². The van der Waals surface area contributed by atoms with Crippen LogP contribution in [0.3, 0.4) is 0 Å². The van der Waals surface area contributed by atoms with Crippen LogP contribution >= 0.6 is 0 Å². The SMILES string of the molecule is CCNC(=NCc1ccc(CN2CCN(C)CC2)cc1)NC(C)CC. The molecule has 2 N–H and O–H groups in total. The largest absolute Gasteiger partial charge is 0.357 e. The number of piperazine rings is 1. The summed E-state index contributed by atoms with van der Waals surface area (Å²) < 4.78 is 0. The zero-order valence-corrected chi connectivity index (χ0v) is 16.4. The van der Waals surface area contributed by atoms with Crippen molar-refractivity contribution in [2.75, 3.05) is 39.8 Å². The molecule has 0 saturated carbocycles. The molecule has 140 valence electrons. The van der Waals surface area contributed by atoms with Gasteiger partial charge in [-0.15, -0.1) is 0 Å². The molecule has 0 spiro atoms. The molecular formula is C20H35N5. The Labute approximate surface area is 153 Å². The summed E-state index contributed by atoms with van der Waals surface area (Å²) >= 11 is 0. The molecule has 1 aliphatic heterocycles. The van der Waals surface area contributed by atoms with Gasteiger partial charge in [-0.2, -0.15) is 0 Å². The summed E-state index contributed by atoms with van der Waals surface area (Å²) in [6.07, 6.45) is 1.09. The number of rotatable bonds is 7. The van der Waals surface area contributed by atoms with E-state index in [1.165, 1.54) is 24.2 Å². The summed E-state index contributed by atoms with van der Waals surface area (Å²) in [5, 5.41) is 6.75. The molecule has 1 aliphatic rings. The summed E-state index contributed by atoms with van der Waals surface area (Å²) in [6, 6.07) is 9.35. The maximum absolute atomic E-state index is 4.70. The molecule has 0 amide bonds. The Hall–Kier alpha value is -1.59. The highest BCUT2D eigenvalue weighted by Crippen LogP contribution is 2.10. The lowest BCUT2D eigenvalue weighted by atomic mass is 10.1. The molecule has 5 nitrogen and oxygen atoms in total. The highest BCUT2D eigenvalue weighted by atomic mass is 15.2. The van der Waals surface area contributed by atoms with Gasteiger partial charge in [-0.05, 0) is 38.4 Å². The Balaban J connectivity index is 1.87. The van der Waals surface area contributed by atoms with Crippen molar-refractivity contribution in [3.05, 3.63) is 35.4 Å². The van der Waals surface area contributed by atoms with Crippen LogP contribution in [0.15, 0.2) is 29.3 Å². The minimum Gasteiger partial charge on any atom is -0.357 e. The van der Waals surface area contributed by atoms with Crippen molar-refractivity contribution in [2.45, 2.75) is 46.3 Å². The summed E-state index contributed by atoms with van der Waals surface area (Å²) in [5.41, 5.74) is 2.64. The molecule has 1 aromatic rings. The Morgan fingerprint density at radius 2 is 1.72 bits per heavy atom. The van der Waals surface area contributed by atoms with E-state index in [0.29, 0.717) is 12.6 Å². The van der Waals surface area contributed by atoms with Gasteiger partial charge in [0.15, 0.2) is 5.96 Å². The number of nitrogens with one attached hydrogen (secondary N) is 2. The summed E-state index contributed by atoms with van der Waals surface area (Å²) in [7, 11) is 2.20. The third kappa shape index (κ3) is 7.04. The van der Waals surface area contributed by atoms with Gasteiger partial charge in [0.25, 0.3) is 0 Å². The van der Waals surface area contributed by atoms with Gasteiger partial charge in [0, 0.05) is 45.3 Å². The minimum atomic E-state index is 0.434. The number of hydrogen-bond donors (Lipinski definition) is 2. The number of hydrogen-bond acceptors (Lipinski definition) is 3. The van der Waals surface area contributed by atoms with Crippen LogP contribution in [-0.4, -0.2) is 61.6 Å². The van der Waals surface area contributed by atoms with Gasteiger partial charge in [0.2, 0.25) is 0 Å². The van der Waals surface area contributed by atoms with Crippen LogP contribution in [0, 0.1) is 0 Å². The minimum absolute atomic E-state index is 0.434. The van der Waals surface area contributed by atoms with E-state index in [9.17, 15) is 0 Å². The third-order valence-electron chi connectivity index (χ3n) is 4.78. The average molecular weight is 346 g/mol. The molecular weight excluding hydrogens is 310 g/mol. The van der Waals surface area contributed by atoms with E-state index in [1.807, 2.05) is 0 Å². The van der Waals surface area contributed by atoms with Gasteiger partial charge in [-0.25, -0.2) is 4.99 Å². The van der Waals surface area contributed by atoms with Gasteiger partial charge in [-0.1, -0.05) is 31.2 Å². The molecule has 0 aromatic heterocycles. The second-order valence-corrected chi connectivity index (χ2v) is 7.04. The summed E-state index contributed by atoms with van der Waals surface area (Å²) in [6.45, 7) is 13.8. The molecule has 2 rings (SSSR count). The molecule has 5 heteroatoms. The fourth-order valence-electron chi connectivity index (χ4n) is 2.84. The molecule has 0 aliphatic carbocycles. The lowest BCUT2D eigenvalue weighted by Crippen LogP contribution is -2.43. The molecule has 1 heterocycles. The fraction of sp³-hybridized carbons (Fsp3) is 0.650. The van der Waals surface area contributed by atoms with Crippen LogP contribution in [0.4, 0.5) is 0 Å². The second-order valence-electron chi connectivity index (χ2n) is 7.04. The normalized spacial score (nSPS) is 18.2. The molecule has 0 radical (unpaired) electrons. The van der Waals surface area contributed by atoms with E-state index in [0.717, 1.165) is 38.6 Å². The van der Waals surface area contributed by atoms with Gasteiger partial charge in [-0.3, -0.25) is 4.90 Å². The Morgan fingerprint density at radius 3 is 2.32 bits per heavy atom. The zero-order chi connectivity index (χ0) is 18.1. The van der Waals surface area contributed by atoms with Crippen molar-refractivity contribution in [1.29, 1.82) is 0 Å². The molecule has 1 atom stereocenters. The lowest BCUT2D eigenvalue weighted by molar-refractivity contribution is 0.148. The van der Waals surface area contributed by atoms with Crippen LogP contribution < -0.4 is 10.6 Å². The topological polar surface area (TPSA) is 42.9 Å². The van der Waals surface area contributed by atoms with Gasteiger partial charge < -0.3 is 15.5 Å². The number of nitrogens with zero attached hydrogens (tertiary/aromatic N) is 3. The van der Waals surface area contributed by atoms with Crippen LogP contribution in [0.2, 0.25) is 0 Å². The first-order valence-electron chi connectivity index (χ1n) is 9.64. The van der Waals surface area contributed by atoms with E-state index in [1.54, 1.807) is 0 Å². The predicted octanol–water partition coefficient (Wildman–Crippen LogP) is 2.29. The van der Waals surface area contributed by atoms with E-state index < -0.39 is 0 Å². The van der Waals surface area contributed by atoms with E-state index in [4.69, 9.17) is 4.99 Å². The first-order chi connectivity index (χ1) is 12.1. The van der Waals surface area contributed by atoms with Crippen molar-refractivity contribution in [3.8, 4) is 0 Å². The fourth-order valence-corrected chi connectivity index (χ4v) is 2.84. The smallest absolute Gasteiger partial charge is 0.191 e. The molecule has 1 aromatic carbocycles. The van der Waals surface area contributed by atoms with Gasteiger partial charge in [0.1, 0.15) is 0 Å². The average Bonchev–Trinajstić information content (AvgIpc) is 2.63. The number of aliphatic imine (C=N–C) groups is 1. The quantitative estimate of drug-likeness (QED) is 0.588. The van der Waals surface area contributed by atoms with Crippen LogP contribution in [0.5, 0.6) is 0 Å². The summed E-state index contributed by atoms with van der Waals surface area (Å²) in [5.74, 6) is 0.901. The Bertz CT molecular complexity index is 517. The van der Waals surface area contributed by atoms with Crippen molar-refractivity contribution >= 4 is 5.96 Å². The van der Waals surface area contributed by atoms with Crippen LogP contribution in [0.25, 0.3) is 0 Å². The second kappa shape index (κ2) is 10.4. The maximum atomic E-state index is 4.70. The maximum Gasteiger partial charge on any atom is 0.191 e. The van der Waals surface area contributed by atoms with Gasteiger partial charge in [0.05, 0.1) is 6.54 Å². The molecule has 1 fully saturated rings. The molecule has 25 heavy (non-hydrogen) atoms. The van der Waals surface area contributed by atoms with Crippen molar-refractivity contribution < 1.29 is 0 Å². The molecule has 1 saturated heterocycles. The predicted molar refractivity (Wildman–Crippen MR) is 107 cm³/mol. The van der Waals surface area contributed by atoms with Crippen LogP contribution in [0.1, 0.15) is 38.3 Å². The first kappa shape index (κ1) is 19.7. The zero-order valence-electron chi connectivity index (χ0n) is 16.4. The highest BCUT2D eigenvalue weighted by Gasteiger charge is 2.13. The van der Waals surface area contributed by atoms with Gasteiger partial charge >= 0.3 is 0 Å². The third-order valence-corrected chi connectivity index (χ3v) is 4.78. The standard InChI is InChI=1S/C20H35N5/c1-5-17(3)23-20(21-6-2)22-15-18-7-9-19(10-8-18)16-25-13-11-24(4)12-14-25/h7-10,17H,5-6,11-16H2,1-4H3,(H2,21,22,23). The summed E-state index contributed by atoms with van der Waals surface area (Å²) in [4.78, 5) is 9.63. The monoisotopic (exact) mass is 345 g/mol. The number of benzene rings is 1. The van der Waals surface area contributed by atoms with Crippen molar-refractivity contribution in [2.24, 2.45) is 4.99 Å². The molecule has 0 bridgehead atoms.